The number of hydrogen-bond acceptors (Lipinski definition) is 3. The molecule has 2 rings (SSSR count). The van der Waals surface area contributed by atoms with Gasteiger partial charge in [0.15, 0.2) is 0 Å². The molecule has 0 saturated carbocycles. The number of nitrogen functional groups attached to an aromatic ring is 1. The number of aromatic amines is 2. The van der Waals surface area contributed by atoms with E-state index in [1.165, 1.54) is 0 Å². The zero-order chi connectivity index (χ0) is 11.1. The molecule has 2 heterocycles. The third-order valence-electron chi connectivity index (χ3n) is 2.95. The molecule has 1 aliphatic rings. The Balaban J connectivity index is 2.28. The zero-order valence-electron chi connectivity index (χ0n) is 9.09. The Morgan fingerprint density at radius 3 is 2.73 bits per heavy atom. The van der Waals surface area contributed by atoms with Crippen LogP contribution >= 0.6 is 0 Å². The van der Waals surface area contributed by atoms with Gasteiger partial charge in [0.2, 0.25) is 0 Å². The summed E-state index contributed by atoms with van der Waals surface area (Å²) in [6.07, 6.45) is 1.69. The monoisotopic (exact) mass is 211 g/mol. The average Bonchev–Trinajstić information content (AvgIpc) is 2.44. The number of hydrogen-bond donors (Lipinski definition) is 3. The summed E-state index contributed by atoms with van der Waals surface area (Å²) >= 11 is 0. The van der Waals surface area contributed by atoms with Gasteiger partial charge in [-0.1, -0.05) is 0 Å². The van der Waals surface area contributed by atoms with E-state index in [4.69, 9.17) is 10.5 Å². The molecule has 0 spiro atoms. The van der Waals surface area contributed by atoms with Crippen molar-refractivity contribution in [1.82, 2.24) is 10.2 Å². The first-order valence-corrected chi connectivity index (χ1v) is 5.19. The summed E-state index contributed by atoms with van der Waals surface area (Å²) < 4.78 is 5.61. The van der Waals surface area contributed by atoms with E-state index in [1.807, 2.05) is 13.8 Å². The summed E-state index contributed by atoms with van der Waals surface area (Å²) in [5.41, 5.74) is 6.15. The SMILES string of the molecule is CC1(C)CC(c2c(N)[nH][nH]c2=O)CCO1. The molecule has 5 heteroatoms. The Hall–Kier alpha value is -1.23. The number of anilines is 1. The zero-order valence-corrected chi connectivity index (χ0v) is 9.09. The Morgan fingerprint density at radius 2 is 2.20 bits per heavy atom. The minimum atomic E-state index is -0.168. The third kappa shape index (κ3) is 1.92. The summed E-state index contributed by atoms with van der Waals surface area (Å²) in [6, 6.07) is 0. The largest absolute Gasteiger partial charge is 0.384 e. The molecular weight excluding hydrogens is 194 g/mol. The van der Waals surface area contributed by atoms with Gasteiger partial charge in [0.05, 0.1) is 11.2 Å². The van der Waals surface area contributed by atoms with Gasteiger partial charge < -0.3 is 10.5 Å². The maximum atomic E-state index is 11.5. The lowest BCUT2D eigenvalue weighted by molar-refractivity contribution is -0.0593. The fourth-order valence-corrected chi connectivity index (χ4v) is 2.26. The summed E-state index contributed by atoms with van der Waals surface area (Å²) in [5, 5.41) is 5.18. The molecule has 1 atom stereocenters. The molecule has 0 bridgehead atoms. The van der Waals surface area contributed by atoms with Gasteiger partial charge in [-0.25, -0.2) is 0 Å². The fraction of sp³-hybridized carbons (Fsp3) is 0.700. The fourth-order valence-electron chi connectivity index (χ4n) is 2.26. The number of H-pyrrole nitrogens is 2. The van der Waals surface area contributed by atoms with Crippen molar-refractivity contribution in [2.24, 2.45) is 0 Å². The highest BCUT2D eigenvalue weighted by Crippen LogP contribution is 2.35. The van der Waals surface area contributed by atoms with E-state index in [-0.39, 0.29) is 17.1 Å². The van der Waals surface area contributed by atoms with Crippen molar-refractivity contribution in [1.29, 1.82) is 0 Å². The van der Waals surface area contributed by atoms with Crippen LogP contribution in [0.3, 0.4) is 0 Å². The topological polar surface area (TPSA) is 83.9 Å². The molecule has 84 valence electrons. The summed E-state index contributed by atoms with van der Waals surface area (Å²) in [5.74, 6) is 0.659. The Kier molecular flexibility index (Phi) is 2.34. The van der Waals surface area contributed by atoms with Crippen molar-refractivity contribution in [3.05, 3.63) is 15.9 Å². The van der Waals surface area contributed by atoms with Crippen LogP contribution in [-0.2, 0) is 4.74 Å². The lowest BCUT2D eigenvalue weighted by Crippen LogP contribution is -2.34. The second-order valence-corrected chi connectivity index (χ2v) is 4.70. The highest BCUT2D eigenvalue weighted by Gasteiger charge is 2.32. The summed E-state index contributed by atoms with van der Waals surface area (Å²) in [6.45, 7) is 4.76. The number of nitrogens with two attached hydrogens (primary N) is 1. The van der Waals surface area contributed by atoms with Crippen LogP contribution in [-0.4, -0.2) is 22.4 Å². The van der Waals surface area contributed by atoms with E-state index in [2.05, 4.69) is 10.2 Å². The highest BCUT2D eigenvalue weighted by atomic mass is 16.5. The Labute approximate surface area is 88.0 Å². The predicted molar refractivity (Wildman–Crippen MR) is 57.8 cm³/mol. The van der Waals surface area contributed by atoms with E-state index in [0.717, 1.165) is 12.8 Å². The van der Waals surface area contributed by atoms with Crippen LogP contribution in [0.2, 0.25) is 0 Å². The minimum absolute atomic E-state index is 0.102. The summed E-state index contributed by atoms with van der Waals surface area (Å²) in [4.78, 5) is 11.5. The van der Waals surface area contributed by atoms with Crippen molar-refractivity contribution in [2.45, 2.75) is 38.2 Å². The van der Waals surface area contributed by atoms with Crippen molar-refractivity contribution in [2.75, 3.05) is 12.3 Å². The van der Waals surface area contributed by atoms with E-state index in [0.29, 0.717) is 18.0 Å². The van der Waals surface area contributed by atoms with Crippen LogP contribution in [0.15, 0.2) is 4.79 Å². The van der Waals surface area contributed by atoms with E-state index >= 15 is 0 Å². The smallest absolute Gasteiger partial charge is 0.269 e. The molecular formula is C10H17N3O2. The van der Waals surface area contributed by atoms with Gasteiger partial charge in [0, 0.05) is 6.61 Å². The molecule has 0 amide bonds. The first kappa shape index (κ1) is 10.3. The summed E-state index contributed by atoms with van der Waals surface area (Å²) in [7, 11) is 0. The lowest BCUT2D eigenvalue weighted by atomic mass is 9.84. The molecule has 1 saturated heterocycles. The van der Waals surface area contributed by atoms with Crippen LogP contribution < -0.4 is 11.3 Å². The minimum Gasteiger partial charge on any atom is -0.384 e. The van der Waals surface area contributed by atoms with Crippen LogP contribution in [0.25, 0.3) is 0 Å². The molecule has 1 aliphatic heterocycles. The van der Waals surface area contributed by atoms with E-state index in [1.54, 1.807) is 0 Å². The number of aromatic nitrogens is 2. The van der Waals surface area contributed by atoms with Crippen LogP contribution in [0, 0.1) is 0 Å². The van der Waals surface area contributed by atoms with Gasteiger partial charge in [0.1, 0.15) is 5.82 Å². The molecule has 1 fully saturated rings. The van der Waals surface area contributed by atoms with Gasteiger partial charge in [-0.3, -0.25) is 15.0 Å². The van der Waals surface area contributed by atoms with Gasteiger partial charge in [0.25, 0.3) is 5.56 Å². The van der Waals surface area contributed by atoms with Gasteiger partial charge in [-0.05, 0) is 32.6 Å². The number of rotatable bonds is 1. The molecule has 0 aromatic carbocycles. The van der Waals surface area contributed by atoms with Gasteiger partial charge in [-0.15, -0.1) is 0 Å². The molecule has 15 heavy (non-hydrogen) atoms. The Bertz CT molecular complexity index is 405. The number of nitrogens with one attached hydrogen (secondary N) is 2. The quantitative estimate of drug-likeness (QED) is 0.646. The van der Waals surface area contributed by atoms with E-state index < -0.39 is 0 Å². The maximum Gasteiger partial charge on any atom is 0.269 e. The normalized spacial score (nSPS) is 25.3. The molecule has 1 unspecified atom stereocenters. The van der Waals surface area contributed by atoms with E-state index in [9.17, 15) is 4.79 Å². The second-order valence-electron chi connectivity index (χ2n) is 4.70. The first-order valence-electron chi connectivity index (χ1n) is 5.19. The van der Waals surface area contributed by atoms with Gasteiger partial charge >= 0.3 is 0 Å². The third-order valence-corrected chi connectivity index (χ3v) is 2.95. The molecule has 5 nitrogen and oxygen atoms in total. The molecule has 1 aromatic heterocycles. The second kappa shape index (κ2) is 3.41. The molecule has 4 N–H and O–H groups in total. The van der Waals surface area contributed by atoms with Crippen molar-refractivity contribution in [3.8, 4) is 0 Å². The van der Waals surface area contributed by atoms with Crippen molar-refractivity contribution in [3.63, 3.8) is 0 Å². The maximum absolute atomic E-state index is 11.5. The molecule has 1 aromatic rings. The van der Waals surface area contributed by atoms with Crippen LogP contribution in [0.1, 0.15) is 38.2 Å². The highest BCUT2D eigenvalue weighted by molar-refractivity contribution is 5.40. The Morgan fingerprint density at radius 1 is 1.47 bits per heavy atom. The van der Waals surface area contributed by atoms with Crippen molar-refractivity contribution < 1.29 is 4.74 Å². The standard InChI is InChI=1S/C10H17N3O2/c1-10(2)5-6(3-4-15-10)7-8(11)12-13-9(7)14/h6H,3-5H2,1-2H3,(H4,11,12,13,14). The molecule has 0 radical (unpaired) electrons. The van der Waals surface area contributed by atoms with Crippen LogP contribution in [0.4, 0.5) is 5.82 Å². The molecule has 0 aliphatic carbocycles. The predicted octanol–water partition coefficient (Wildman–Crippen LogP) is 0.958. The average molecular weight is 211 g/mol. The van der Waals surface area contributed by atoms with Crippen LogP contribution in [0.5, 0.6) is 0 Å². The van der Waals surface area contributed by atoms with Gasteiger partial charge in [-0.2, -0.15) is 0 Å². The first-order chi connectivity index (χ1) is 6.99. The lowest BCUT2D eigenvalue weighted by Gasteiger charge is -2.35. The van der Waals surface area contributed by atoms with Crippen molar-refractivity contribution >= 4 is 5.82 Å². The number of ether oxygens (including phenoxy) is 1.